The van der Waals surface area contributed by atoms with Crippen LogP contribution in [0.4, 0.5) is 0 Å². The van der Waals surface area contributed by atoms with Crippen molar-refractivity contribution in [1.82, 2.24) is 14.9 Å². The van der Waals surface area contributed by atoms with E-state index in [1.807, 2.05) is 68.7 Å². The van der Waals surface area contributed by atoms with Gasteiger partial charge in [0.2, 0.25) is 15.9 Å². The lowest BCUT2D eigenvalue weighted by molar-refractivity contribution is -0.121. The van der Waals surface area contributed by atoms with E-state index in [-0.39, 0.29) is 29.8 Å². The number of likely N-dealkylation sites (N-methyl/N-ethyl adjacent to an activating group) is 1. The fourth-order valence-electron chi connectivity index (χ4n) is 3.45. The van der Waals surface area contributed by atoms with Crippen LogP contribution in [0.2, 0.25) is 0 Å². The fourth-order valence-corrected chi connectivity index (χ4v) is 4.56. The van der Waals surface area contributed by atoms with Crippen LogP contribution < -0.4 is 10.0 Å². The zero-order valence-electron chi connectivity index (χ0n) is 17.9. The van der Waals surface area contributed by atoms with Gasteiger partial charge in [0.15, 0.2) is 0 Å². The molecule has 0 fully saturated rings. The molecule has 0 aliphatic carbocycles. The predicted octanol–water partition coefficient (Wildman–Crippen LogP) is 3.32. The van der Waals surface area contributed by atoms with Gasteiger partial charge in [-0.15, -0.1) is 0 Å². The smallest absolute Gasteiger partial charge is 0.240 e. The van der Waals surface area contributed by atoms with E-state index in [9.17, 15) is 13.2 Å². The first-order valence-corrected chi connectivity index (χ1v) is 11.8. The third kappa shape index (κ3) is 6.37. The van der Waals surface area contributed by atoms with Crippen molar-refractivity contribution in [2.75, 3.05) is 27.2 Å². The van der Waals surface area contributed by atoms with E-state index in [1.54, 1.807) is 18.2 Å². The van der Waals surface area contributed by atoms with Gasteiger partial charge in [0.1, 0.15) is 0 Å². The van der Waals surface area contributed by atoms with Crippen molar-refractivity contribution in [2.24, 2.45) is 0 Å². The van der Waals surface area contributed by atoms with Crippen molar-refractivity contribution >= 4 is 26.7 Å². The van der Waals surface area contributed by atoms with Crippen molar-refractivity contribution in [2.45, 2.75) is 23.8 Å². The third-order valence-corrected chi connectivity index (χ3v) is 6.66. The second kappa shape index (κ2) is 10.5. The van der Waals surface area contributed by atoms with Crippen LogP contribution >= 0.6 is 0 Å². The molecule has 164 valence electrons. The molecule has 1 amide bonds. The number of rotatable bonds is 10. The Morgan fingerprint density at radius 2 is 1.61 bits per heavy atom. The van der Waals surface area contributed by atoms with Gasteiger partial charge in [-0.05, 0) is 49.0 Å². The Morgan fingerprint density at radius 3 is 2.32 bits per heavy atom. The van der Waals surface area contributed by atoms with E-state index < -0.39 is 10.0 Å². The average Bonchev–Trinajstić information content (AvgIpc) is 2.77. The highest BCUT2D eigenvalue weighted by atomic mass is 32.2. The van der Waals surface area contributed by atoms with E-state index in [1.165, 1.54) is 0 Å². The summed E-state index contributed by atoms with van der Waals surface area (Å²) in [7, 11) is 0.344. The molecule has 0 radical (unpaired) electrons. The molecular formula is C24H29N3O3S. The van der Waals surface area contributed by atoms with Crippen LogP contribution in [0, 0.1) is 0 Å². The van der Waals surface area contributed by atoms with Gasteiger partial charge >= 0.3 is 0 Å². The summed E-state index contributed by atoms with van der Waals surface area (Å²) in [5.74, 6) is -0.0901. The molecule has 6 nitrogen and oxygen atoms in total. The minimum Gasteiger partial charge on any atom is -0.354 e. The average molecular weight is 440 g/mol. The third-order valence-electron chi connectivity index (χ3n) is 5.20. The van der Waals surface area contributed by atoms with Crippen LogP contribution in [0.25, 0.3) is 10.8 Å². The normalized spacial score (nSPS) is 12.7. The second-order valence-electron chi connectivity index (χ2n) is 7.70. The molecule has 0 heterocycles. The first-order chi connectivity index (χ1) is 14.9. The number of amides is 1. The Bertz CT molecular complexity index is 1120. The molecule has 3 rings (SSSR count). The van der Waals surface area contributed by atoms with Gasteiger partial charge in [-0.3, -0.25) is 4.79 Å². The van der Waals surface area contributed by atoms with Crippen LogP contribution in [0.3, 0.4) is 0 Å². The number of benzene rings is 3. The van der Waals surface area contributed by atoms with E-state index in [4.69, 9.17) is 0 Å². The Hall–Kier alpha value is -2.74. The Labute approximate surface area is 184 Å². The molecule has 3 aromatic carbocycles. The van der Waals surface area contributed by atoms with Gasteiger partial charge in [0.05, 0.1) is 10.9 Å². The van der Waals surface area contributed by atoms with Crippen LogP contribution in [0.5, 0.6) is 0 Å². The van der Waals surface area contributed by atoms with Crippen LogP contribution in [0.15, 0.2) is 77.7 Å². The fraction of sp³-hybridized carbons (Fsp3) is 0.292. The second-order valence-corrected chi connectivity index (χ2v) is 9.47. The van der Waals surface area contributed by atoms with Gasteiger partial charge in [-0.25, -0.2) is 13.1 Å². The summed E-state index contributed by atoms with van der Waals surface area (Å²) < 4.78 is 27.7. The van der Waals surface area contributed by atoms with Gasteiger partial charge in [0, 0.05) is 19.5 Å². The zero-order chi connectivity index (χ0) is 22.3. The molecule has 1 atom stereocenters. The highest BCUT2D eigenvalue weighted by Gasteiger charge is 2.16. The summed E-state index contributed by atoms with van der Waals surface area (Å²) in [4.78, 5) is 14.5. The molecule has 3 aromatic rings. The Balaban J connectivity index is 1.46. The number of carbonyl (C=O) groups is 1. The summed E-state index contributed by atoms with van der Waals surface area (Å²) in [6.45, 7) is 0.705. The van der Waals surface area contributed by atoms with Crippen molar-refractivity contribution in [3.8, 4) is 0 Å². The molecule has 0 spiro atoms. The molecule has 0 aliphatic heterocycles. The number of fused-ring (bicyclic) bond motifs is 1. The van der Waals surface area contributed by atoms with Crippen LogP contribution in [0.1, 0.15) is 24.4 Å². The summed E-state index contributed by atoms with van der Waals surface area (Å²) in [5, 5.41) is 4.82. The standard InChI is InChI=1S/C24H29N3O3S/c1-27(2)23(20-10-4-3-5-11-20)18-25-24(28)13-8-16-26-31(29,30)22-15-14-19-9-6-7-12-21(19)17-22/h3-7,9-12,14-15,17,23,26H,8,13,16,18H2,1-2H3,(H,25,28)/t23-/m1/s1. The van der Waals surface area contributed by atoms with E-state index in [0.717, 1.165) is 16.3 Å². The number of hydrogen-bond donors (Lipinski definition) is 2. The molecule has 7 heteroatoms. The topological polar surface area (TPSA) is 78.5 Å². The summed E-state index contributed by atoms with van der Waals surface area (Å²) in [6, 6.07) is 22.8. The highest BCUT2D eigenvalue weighted by molar-refractivity contribution is 7.89. The van der Waals surface area contributed by atoms with Crippen molar-refractivity contribution in [3.05, 3.63) is 78.4 Å². The van der Waals surface area contributed by atoms with Crippen molar-refractivity contribution in [3.63, 3.8) is 0 Å². The predicted molar refractivity (Wildman–Crippen MR) is 124 cm³/mol. The maximum absolute atomic E-state index is 12.6. The summed E-state index contributed by atoms with van der Waals surface area (Å²) in [6.07, 6.45) is 0.686. The highest BCUT2D eigenvalue weighted by Crippen LogP contribution is 2.19. The van der Waals surface area contributed by atoms with Gasteiger partial charge in [0.25, 0.3) is 0 Å². The summed E-state index contributed by atoms with van der Waals surface area (Å²) >= 11 is 0. The van der Waals surface area contributed by atoms with Crippen molar-refractivity contribution < 1.29 is 13.2 Å². The minimum absolute atomic E-state index is 0.0801. The molecule has 0 aliphatic rings. The quantitative estimate of drug-likeness (QED) is 0.475. The first-order valence-electron chi connectivity index (χ1n) is 10.3. The number of sulfonamides is 1. The lowest BCUT2D eigenvalue weighted by Crippen LogP contribution is -2.35. The maximum Gasteiger partial charge on any atom is 0.240 e. The molecule has 0 saturated heterocycles. The van der Waals surface area contributed by atoms with Crippen LogP contribution in [-0.2, 0) is 14.8 Å². The molecule has 0 unspecified atom stereocenters. The number of carbonyl (C=O) groups excluding carboxylic acids is 1. The van der Waals surface area contributed by atoms with Gasteiger partial charge < -0.3 is 10.2 Å². The lowest BCUT2D eigenvalue weighted by atomic mass is 10.1. The van der Waals surface area contributed by atoms with E-state index in [0.29, 0.717) is 13.0 Å². The van der Waals surface area contributed by atoms with Gasteiger partial charge in [-0.2, -0.15) is 0 Å². The van der Waals surface area contributed by atoms with E-state index in [2.05, 4.69) is 14.9 Å². The number of hydrogen-bond acceptors (Lipinski definition) is 4. The van der Waals surface area contributed by atoms with Crippen LogP contribution in [-0.4, -0.2) is 46.4 Å². The lowest BCUT2D eigenvalue weighted by Gasteiger charge is -2.25. The molecule has 31 heavy (non-hydrogen) atoms. The van der Waals surface area contributed by atoms with E-state index >= 15 is 0 Å². The molecular weight excluding hydrogens is 410 g/mol. The SMILES string of the molecule is CN(C)[C@H](CNC(=O)CCCNS(=O)(=O)c1ccc2ccccc2c1)c1ccccc1. The Kier molecular flexibility index (Phi) is 7.79. The minimum atomic E-state index is -3.61. The molecule has 0 bridgehead atoms. The van der Waals surface area contributed by atoms with Gasteiger partial charge in [-0.1, -0.05) is 60.7 Å². The maximum atomic E-state index is 12.6. The number of nitrogens with one attached hydrogen (secondary N) is 2. The summed E-state index contributed by atoms with van der Waals surface area (Å²) in [5.41, 5.74) is 1.14. The Morgan fingerprint density at radius 1 is 0.935 bits per heavy atom. The molecule has 0 aromatic heterocycles. The largest absolute Gasteiger partial charge is 0.354 e. The van der Waals surface area contributed by atoms with Crippen molar-refractivity contribution in [1.29, 1.82) is 0 Å². The zero-order valence-corrected chi connectivity index (χ0v) is 18.7. The monoisotopic (exact) mass is 439 g/mol. The molecule has 0 saturated carbocycles. The number of nitrogens with zero attached hydrogens (tertiary/aromatic N) is 1. The molecule has 2 N–H and O–H groups in total. The first kappa shape index (κ1) is 22.9.